The van der Waals surface area contributed by atoms with Gasteiger partial charge in [-0.3, -0.25) is 14.7 Å². The fourth-order valence-electron chi connectivity index (χ4n) is 5.82. The van der Waals surface area contributed by atoms with Crippen LogP contribution in [-0.4, -0.2) is 87.1 Å². The molecule has 0 spiro atoms. The van der Waals surface area contributed by atoms with Gasteiger partial charge in [-0.2, -0.15) is 5.01 Å². The van der Waals surface area contributed by atoms with Crippen molar-refractivity contribution in [3.8, 4) is 0 Å². The maximum atomic E-state index is 15.2. The standard InChI is InChI=1S/C27H26F2N4O4S/c28-20-6-5-17-19(23(20)29)13-38-22-4-2-1-3-18(22)24(17)33-14-31(15-9-30(10-15)16-11-37-12-16)27(36)25-26(35)21(34)7-8-32(25)33/h1-8,15-16,21,24,34-35H,9-14H2/t21?,24-/m0/s1. The van der Waals surface area contributed by atoms with Crippen LogP contribution in [-0.2, 0) is 15.3 Å². The lowest BCUT2D eigenvalue weighted by atomic mass is 9.93. The third-order valence-corrected chi connectivity index (χ3v) is 9.19. The molecule has 0 aliphatic carbocycles. The van der Waals surface area contributed by atoms with Crippen molar-refractivity contribution in [1.29, 1.82) is 0 Å². The normalized spacial score (nSPS) is 26.4. The molecular formula is C27H26F2N4O4S. The summed E-state index contributed by atoms with van der Waals surface area (Å²) in [6.07, 6.45) is 1.65. The Kier molecular flexibility index (Phi) is 5.75. The topological polar surface area (TPSA) is 79.7 Å². The van der Waals surface area contributed by atoms with Gasteiger partial charge in [0, 0.05) is 35.5 Å². The molecule has 7 rings (SSSR count). The number of amides is 1. The molecule has 3 fully saturated rings. The summed E-state index contributed by atoms with van der Waals surface area (Å²) in [6, 6.07) is 10.1. The summed E-state index contributed by atoms with van der Waals surface area (Å²) in [5.41, 5.74) is 1.72. The van der Waals surface area contributed by atoms with Crippen LogP contribution >= 0.6 is 11.8 Å². The number of ether oxygens (including phenoxy) is 1. The van der Waals surface area contributed by atoms with Gasteiger partial charge in [0.05, 0.1) is 38.0 Å². The molecule has 2 N–H and O–H groups in total. The molecule has 1 unspecified atom stereocenters. The minimum atomic E-state index is -1.31. The van der Waals surface area contributed by atoms with Gasteiger partial charge >= 0.3 is 0 Å². The maximum Gasteiger partial charge on any atom is 0.277 e. The van der Waals surface area contributed by atoms with Crippen molar-refractivity contribution in [3.05, 3.63) is 88.5 Å². The Morgan fingerprint density at radius 3 is 2.58 bits per heavy atom. The molecule has 5 aliphatic heterocycles. The summed E-state index contributed by atoms with van der Waals surface area (Å²) in [7, 11) is 0. The van der Waals surface area contributed by atoms with Gasteiger partial charge in [0.2, 0.25) is 0 Å². The number of halogens is 2. The zero-order valence-corrected chi connectivity index (χ0v) is 21.2. The van der Waals surface area contributed by atoms with E-state index >= 15 is 4.39 Å². The number of hydrogen-bond acceptors (Lipinski definition) is 8. The van der Waals surface area contributed by atoms with Crippen LogP contribution < -0.4 is 0 Å². The zero-order chi connectivity index (χ0) is 26.1. The lowest BCUT2D eigenvalue weighted by molar-refractivity contribution is -0.168. The Balaban J connectivity index is 1.34. The smallest absolute Gasteiger partial charge is 0.277 e. The number of carbonyl (C=O) groups is 1. The first-order valence-corrected chi connectivity index (χ1v) is 13.6. The molecule has 0 saturated carbocycles. The Labute approximate surface area is 222 Å². The molecule has 198 valence electrons. The van der Waals surface area contributed by atoms with Crippen LogP contribution in [0, 0.1) is 11.6 Å². The van der Waals surface area contributed by atoms with Crippen molar-refractivity contribution < 1.29 is 28.5 Å². The highest BCUT2D eigenvalue weighted by Gasteiger charge is 2.49. The van der Waals surface area contributed by atoms with Gasteiger partial charge in [-0.25, -0.2) is 8.78 Å². The van der Waals surface area contributed by atoms with Crippen LogP contribution in [0.5, 0.6) is 0 Å². The Morgan fingerprint density at radius 1 is 1.03 bits per heavy atom. The van der Waals surface area contributed by atoms with Crippen molar-refractivity contribution in [2.45, 2.75) is 34.9 Å². The summed E-state index contributed by atoms with van der Waals surface area (Å²) in [5, 5.41) is 24.7. The predicted octanol–water partition coefficient (Wildman–Crippen LogP) is 2.72. The Bertz CT molecular complexity index is 1380. The van der Waals surface area contributed by atoms with E-state index < -0.39 is 29.5 Å². The summed E-state index contributed by atoms with van der Waals surface area (Å²) < 4.78 is 34.8. The molecule has 5 aliphatic rings. The van der Waals surface area contributed by atoms with E-state index in [0.717, 1.165) is 16.5 Å². The van der Waals surface area contributed by atoms with Gasteiger partial charge in [-0.05, 0) is 29.3 Å². The number of aliphatic hydroxyl groups excluding tert-OH is 2. The van der Waals surface area contributed by atoms with Gasteiger partial charge in [-0.15, -0.1) is 11.8 Å². The number of carbonyl (C=O) groups excluding carboxylic acids is 1. The third kappa shape index (κ3) is 3.60. The van der Waals surface area contributed by atoms with Crippen LogP contribution in [0.1, 0.15) is 22.7 Å². The Morgan fingerprint density at radius 2 is 1.82 bits per heavy atom. The summed E-state index contributed by atoms with van der Waals surface area (Å²) in [4.78, 5) is 18.6. The van der Waals surface area contributed by atoms with E-state index in [1.807, 2.05) is 29.3 Å². The van der Waals surface area contributed by atoms with Crippen LogP contribution in [0.15, 0.2) is 65.0 Å². The predicted molar refractivity (Wildman–Crippen MR) is 134 cm³/mol. The number of rotatable bonds is 3. The number of nitrogens with zero attached hydrogens (tertiary/aromatic N) is 4. The summed E-state index contributed by atoms with van der Waals surface area (Å²) in [5.74, 6) is -2.33. The summed E-state index contributed by atoms with van der Waals surface area (Å²) in [6.45, 7) is 2.87. The van der Waals surface area contributed by atoms with Gasteiger partial charge in [-0.1, -0.05) is 24.3 Å². The van der Waals surface area contributed by atoms with Crippen LogP contribution in [0.3, 0.4) is 0 Å². The molecule has 0 aromatic heterocycles. The molecule has 3 saturated heterocycles. The number of likely N-dealkylation sites (tertiary alicyclic amines) is 1. The second kappa shape index (κ2) is 9.06. The molecule has 0 bridgehead atoms. The van der Waals surface area contributed by atoms with Crippen molar-refractivity contribution in [3.63, 3.8) is 0 Å². The van der Waals surface area contributed by atoms with Crippen molar-refractivity contribution in [1.82, 2.24) is 19.8 Å². The lowest BCUT2D eigenvalue weighted by Gasteiger charge is -2.55. The molecular weight excluding hydrogens is 514 g/mol. The molecule has 5 heterocycles. The van der Waals surface area contributed by atoms with Crippen molar-refractivity contribution in [2.24, 2.45) is 0 Å². The van der Waals surface area contributed by atoms with Gasteiger partial charge in [0.1, 0.15) is 6.10 Å². The minimum Gasteiger partial charge on any atom is -0.507 e. The lowest BCUT2D eigenvalue weighted by Crippen LogP contribution is -2.70. The minimum absolute atomic E-state index is 0.0322. The number of fused-ring (bicyclic) bond motifs is 3. The number of benzene rings is 2. The Hall–Kier alpha value is -2.96. The van der Waals surface area contributed by atoms with E-state index in [2.05, 4.69) is 4.90 Å². The van der Waals surface area contributed by atoms with E-state index in [-0.39, 0.29) is 35.6 Å². The van der Waals surface area contributed by atoms with Gasteiger partial charge in [0.15, 0.2) is 23.1 Å². The van der Waals surface area contributed by atoms with E-state index in [1.165, 1.54) is 17.8 Å². The second-order valence-corrected chi connectivity index (χ2v) is 11.2. The van der Waals surface area contributed by atoms with Crippen LogP contribution in [0.2, 0.25) is 0 Å². The fourth-order valence-corrected chi connectivity index (χ4v) is 6.94. The van der Waals surface area contributed by atoms with Crippen molar-refractivity contribution in [2.75, 3.05) is 33.0 Å². The zero-order valence-electron chi connectivity index (χ0n) is 20.3. The molecule has 2 atom stereocenters. The quantitative estimate of drug-likeness (QED) is 0.616. The molecule has 0 radical (unpaired) electrons. The van der Waals surface area contributed by atoms with Crippen molar-refractivity contribution >= 4 is 17.7 Å². The first-order valence-electron chi connectivity index (χ1n) is 12.6. The number of thioether (sulfide) groups is 1. The highest BCUT2D eigenvalue weighted by Crippen LogP contribution is 2.46. The second-order valence-electron chi connectivity index (χ2n) is 10.2. The molecule has 11 heteroatoms. The highest BCUT2D eigenvalue weighted by molar-refractivity contribution is 7.98. The maximum absolute atomic E-state index is 15.2. The van der Waals surface area contributed by atoms with Gasteiger partial charge < -0.3 is 19.8 Å². The largest absolute Gasteiger partial charge is 0.507 e. The highest BCUT2D eigenvalue weighted by atomic mass is 32.2. The number of aliphatic hydroxyl groups is 2. The third-order valence-electron chi connectivity index (χ3n) is 8.08. The average molecular weight is 541 g/mol. The van der Waals surface area contributed by atoms with Crippen LogP contribution in [0.25, 0.3) is 0 Å². The molecule has 38 heavy (non-hydrogen) atoms. The number of hydrogen-bond donors (Lipinski definition) is 2. The van der Waals surface area contributed by atoms with E-state index in [1.54, 1.807) is 22.2 Å². The molecule has 2 aromatic rings. The first kappa shape index (κ1) is 24.1. The van der Waals surface area contributed by atoms with E-state index in [4.69, 9.17) is 4.74 Å². The van der Waals surface area contributed by atoms with E-state index in [9.17, 15) is 19.4 Å². The molecule has 1 amide bonds. The monoisotopic (exact) mass is 540 g/mol. The average Bonchev–Trinajstić information content (AvgIpc) is 3.02. The SMILES string of the molecule is O=C1C2=C(O)C(O)C=CN2N([C@@H]2c3ccccc3SCc3c2ccc(F)c3F)CN1C1CN(C2COC2)C1. The van der Waals surface area contributed by atoms with E-state index in [0.29, 0.717) is 37.9 Å². The number of hydrazine groups is 1. The fraction of sp³-hybridized carbons (Fsp3) is 0.370. The van der Waals surface area contributed by atoms with Crippen LogP contribution in [0.4, 0.5) is 8.78 Å². The first-order chi connectivity index (χ1) is 18.4. The van der Waals surface area contributed by atoms with Gasteiger partial charge in [0.25, 0.3) is 5.91 Å². The summed E-state index contributed by atoms with van der Waals surface area (Å²) >= 11 is 1.44. The molecule has 8 nitrogen and oxygen atoms in total. The molecule has 2 aromatic carbocycles.